The van der Waals surface area contributed by atoms with Crippen LogP contribution in [0.25, 0.3) is 0 Å². The van der Waals surface area contributed by atoms with Crippen molar-refractivity contribution >= 4 is 29.8 Å². The van der Waals surface area contributed by atoms with Gasteiger partial charge in [-0.1, -0.05) is 17.7 Å². The van der Waals surface area contributed by atoms with Gasteiger partial charge in [0.2, 0.25) is 0 Å². The van der Waals surface area contributed by atoms with Crippen LogP contribution in [0.3, 0.4) is 0 Å². The molecule has 1 atom stereocenters. The van der Waals surface area contributed by atoms with Gasteiger partial charge in [-0.05, 0) is 37.0 Å². The van der Waals surface area contributed by atoms with Crippen LogP contribution in [0, 0.1) is 11.7 Å². The van der Waals surface area contributed by atoms with Gasteiger partial charge in [0.1, 0.15) is 11.6 Å². The number of benzene rings is 1. The third kappa shape index (κ3) is 3.43. The van der Waals surface area contributed by atoms with Gasteiger partial charge in [-0.15, -0.1) is 12.4 Å². The van der Waals surface area contributed by atoms with E-state index in [2.05, 4.69) is 4.98 Å². The predicted octanol–water partition coefficient (Wildman–Crippen LogP) is 4.08. The lowest BCUT2D eigenvalue weighted by Gasteiger charge is -2.16. The number of nitrogen functional groups attached to an aromatic ring is 1. The molecule has 0 bridgehead atoms. The van der Waals surface area contributed by atoms with E-state index < -0.39 is 5.82 Å². The second kappa shape index (κ2) is 6.69. The smallest absolute Gasteiger partial charge is 0.182 e. The normalized spacial score (nSPS) is 15.0. The summed E-state index contributed by atoms with van der Waals surface area (Å²) in [5.74, 6) is 0.517. The summed E-state index contributed by atoms with van der Waals surface area (Å²) in [5, 5.41) is 0.191. The van der Waals surface area contributed by atoms with Gasteiger partial charge in [-0.3, -0.25) is 0 Å². The number of rotatable bonds is 4. The van der Waals surface area contributed by atoms with E-state index in [4.69, 9.17) is 27.8 Å². The van der Waals surface area contributed by atoms with Crippen molar-refractivity contribution in [2.45, 2.75) is 18.9 Å². The molecule has 0 aliphatic heterocycles. The lowest BCUT2D eigenvalue weighted by molar-refractivity contribution is 0.431. The molecule has 2 aromatic rings. The summed E-state index contributed by atoms with van der Waals surface area (Å²) in [6.07, 6.45) is 3.47. The molecule has 1 aliphatic carbocycles. The molecule has 118 valence electrons. The highest BCUT2D eigenvalue weighted by Gasteiger charge is 2.32. The summed E-state index contributed by atoms with van der Waals surface area (Å²) in [7, 11) is 0. The SMILES string of the molecule is Cl.Nc1ccc(Oc2c(Cl)ccc(C(N)C3CC3)c2F)cn1. The largest absolute Gasteiger partial charge is 0.451 e. The minimum Gasteiger partial charge on any atom is -0.451 e. The van der Waals surface area contributed by atoms with E-state index in [0.717, 1.165) is 12.8 Å². The highest BCUT2D eigenvalue weighted by Crippen LogP contribution is 2.43. The maximum absolute atomic E-state index is 14.6. The second-order valence-electron chi connectivity index (χ2n) is 5.16. The lowest BCUT2D eigenvalue weighted by atomic mass is 10.0. The zero-order valence-electron chi connectivity index (χ0n) is 11.6. The van der Waals surface area contributed by atoms with Crippen molar-refractivity contribution in [1.29, 1.82) is 0 Å². The maximum Gasteiger partial charge on any atom is 0.182 e. The van der Waals surface area contributed by atoms with Crippen LogP contribution in [-0.4, -0.2) is 4.98 Å². The highest BCUT2D eigenvalue weighted by molar-refractivity contribution is 6.32. The summed E-state index contributed by atoms with van der Waals surface area (Å²) in [4.78, 5) is 3.89. The molecule has 0 amide bonds. The zero-order chi connectivity index (χ0) is 15.0. The van der Waals surface area contributed by atoms with Crippen LogP contribution < -0.4 is 16.2 Å². The number of anilines is 1. The Morgan fingerprint density at radius 2 is 2.00 bits per heavy atom. The monoisotopic (exact) mass is 343 g/mol. The average Bonchev–Trinajstić information content (AvgIpc) is 3.29. The van der Waals surface area contributed by atoms with Crippen molar-refractivity contribution in [3.63, 3.8) is 0 Å². The highest BCUT2D eigenvalue weighted by atomic mass is 35.5. The third-order valence-corrected chi connectivity index (χ3v) is 3.84. The molecule has 1 aromatic carbocycles. The van der Waals surface area contributed by atoms with Crippen molar-refractivity contribution in [1.82, 2.24) is 4.98 Å². The van der Waals surface area contributed by atoms with Gasteiger partial charge >= 0.3 is 0 Å². The molecule has 1 fully saturated rings. The van der Waals surface area contributed by atoms with Crippen LogP contribution >= 0.6 is 24.0 Å². The van der Waals surface area contributed by atoms with Crippen LogP contribution in [0.5, 0.6) is 11.5 Å². The molecule has 4 N–H and O–H groups in total. The molecule has 1 aliphatic rings. The number of hydrogen-bond acceptors (Lipinski definition) is 4. The summed E-state index contributed by atoms with van der Waals surface area (Å²) in [6, 6.07) is 6.07. The van der Waals surface area contributed by atoms with Crippen LogP contribution in [0.15, 0.2) is 30.5 Å². The van der Waals surface area contributed by atoms with Gasteiger partial charge in [0.15, 0.2) is 11.6 Å². The fourth-order valence-electron chi connectivity index (χ4n) is 2.18. The minimum atomic E-state index is -0.515. The number of ether oxygens (including phenoxy) is 1. The molecular weight excluding hydrogens is 328 g/mol. The van der Waals surface area contributed by atoms with Crippen molar-refractivity contribution in [2.24, 2.45) is 11.7 Å². The van der Waals surface area contributed by atoms with E-state index in [1.807, 2.05) is 0 Å². The Bertz CT molecular complexity index is 663. The molecular formula is C15H16Cl2FN3O. The van der Waals surface area contributed by atoms with E-state index in [-0.39, 0.29) is 29.2 Å². The van der Waals surface area contributed by atoms with E-state index >= 15 is 0 Å². The Morgan fingerprint density at radius 1 is 1.27 bits per heavy atom. The number of aromatic nitrogens is 1. The Labute approximate surface area is 139 Å². The second-order valence-corrected chi connectivity index (χ2v) is 5.57. The Kier molecular flexibility index (Phi) is 5.11. The van der Waals surface area contributed by atoms with Crippen molar-refractivity contribution < 1.29 is 9.13 Å². The fourth-order valence-corrected chi connectivity index (χ4v) is 2.36. The molecule has 1 unspecified atom stereocenters. The first-order valence-electron chi connectivity index (χ1n) is 6.69. The first-order valence-corrected chi connectivity index (χ1v) is 7.07. The summed E-state index contributed by atoms with van der Waals surface area (Å²) in [5.41, 5.74) is 12.0. The zero-order valence-corrected chi connectivity index (χ0v) is 13.2. The molecule has 0 saturated heterocycles. The molecule has 3 rings (SSSR count). The first-order chi connectivity index (χ1) is 10.1. The molecule has 1 aromatic heterocycles. The van der Waals surface area contributed by atoms with Crippen molar-refractivity contribution in [3.05, 3.63) is 46.9 Å². The molecule has 0 spiro atoms. The number of hydrogen-bond donors (Lipinski definition) is 2. The summed E-state index contributed by atoms with van der Waals surface area (Å²) >= 11 is 6.03. The quantitative estimate of drug-likeness (QED) is 0.876. The van der Waals surface area contributed by atoms with Crippen LogP contribution in [-0.2, 0) is 0 Å². The molecule has 1 saturated carbocycles. The summed E-state index contributed by atoms with van der Waals surface area (Å²) in [6.45, 7) is 0. The van der Waals surface area contributed by atoms with E-state index in [9.17, 15) is 4.39 Å². The summed E-state index contributed by atoms with van der Waals surface area (Å²) < 4.78 is 20.1. The number of halogens is 3. The van der Waals surface area contributed by atoms with E-state index in [0.29, 0.717) is 23.0 Å². The average molecular weight is 344 g/mol. The maximum atomic E-state index is 14.6. The van der Waals surface area contributed by atoms with E-state index in [1.165, 1.54) is 6.20 Å². The van der Waals surface area contributed by atoms with Gasteiger partial charge in [0.25, 0.3) is 0 Å². The lowest BCUT2D eigenvalue weighted by Crippen LogP contribution is -2.14. The van der Waals surface area contributed by atoms with Crippen LogP contribution in [0.4, 0.5) is 10.2 Å². The topological polar surface area (TPSA) is 74.2 Å². The van der Waals surface area contributed by atoms with Crippen molar-refractivity contribution in [3.8, 4) is 11.5 Å². The van der Waals surface area contributed by atoms with Gasteiger partial charge in [-0.25, -0.2) is 9.37 Å². The third-order valence-electron chi connectivity index (χ3n) is 3.55. The first kappa shape index (κ1) is 16.8. The van der Waals surface area contributed by atoms with Gasteiger partial charge in [-0.2, -0.15) is 0 Å². The van der Waals surface area contributed by atoms with Gasteiger partial charge < -0.3 is 16.2 Å². The number of nitrogens with two attached hydrogens (primary N) is 2. The van der Waals surface area contributed by atoms with Crippen LogP contribution in [0.1, 0.15) is 24.4 Å². The Hall–Kier alpha value is -1.56. The Morgan fingerprint density at radius 3 is 2.59 bits per heavy atom. The van der Waals surface area contributed by atoms with Gasteiger partial charge in [0.05, 0.1) is 11.2 Å². The number of nitrogens with zero attached hydrogens (tertiary/aromatic N) is 1. The molecule has 0 radical (unpaired) electrons. The minimum absolute atomic E-state index is 0. The van der Waals surface area contributed by atoms with E-state index in [1.54, 1.807) is 24.3 Å². The fraction of sp³-hybridized carbons (Fsp3) is 0.267. The molecule has 1 heterocycles. The van der Waals surface area contributed by atoms with Crippen molar-refractivity contribution in [2.75, 3.05) is 5.73 Å². The van der Waals surface area contributed by atoms with Gasteiger partial charge in [0, 0.05) is 11.6 Å². The Balaban J connectivity index is 0.00000176. The number of pyridine rings is 1. The standard InChI is InChI=1S/C15H15ClFN3O.ClH/c16-11-5-4-10(14(19)8-1-2-8)13(17)15(11)21-9-3-6-12(18)20-7-9;/h3-8,14H,1-2,19H2,(H2,18,20);1H. The molecule has 22 heavy (non-hydrogen) atoms. The molecule has 7 heteroatoms. The predicted molar refractivity (Wildman–Crippen MR) is 87.0 cm³/mol. The van der Waals surface area contributed by atoms with Crippen LogP contribution in [0.2, 0.25) is 5.02 Å². The molecule has 4 nitrogen and oxygen atoms in total.